The average Bonchev–Trinajstić information content (AvgIpc) is 2.62. The molecule has 0 spiro atoms. The normalized spacial score (nSPS) is 13.0. The van der Waals surface area contributed by atoms with Crippen LogP contribution < -0.4 is 20.3 Å². The van der Waals surface area contributed by atoms with Crippen LogP contribution in [0.3, 0.4) is 0 Å². The van der Waals surface area contributed by atoms with Gasteiger partial charge in [-0.25, -0.2) is 4.68 Å². The minimum Gasteiger partial charge on any atom is -0.497 e. The molecule has 7 heteroatoms. The number of anilines is 1. The van der Waals surface area contributed by atoms with Gasteiger partial charge in [-0.1, -0.05) is 0 Å². The van der Waals surface area contributed by atoms with E-state index < -0.39 is 0 Å². The Bertz CT molecular complexity index is 845. The summed E-state index contributed by atoms with van der Waals surface area (Å²) in [5.41, 5.74) is 2.18. The van der Waals surface area contributed by atoms with Crippen molar-refractivity contribution in [1.29, 1.82) is 0 Å². The van der Waals surface area contributed by atoms with Crippen molar-refractivity contribution in [3.63, 3.8) is 0 Å². The summed E-state index contributed by atoms with van der Waals surface area (Å²) in [4.78, 5) is 24.5. The topological polar surface area (TPSA) is 82.5 Å². The molecule has 1 aromatic heterocycles. The van der Waals surface area contributed by atoms with Gasteiger partial charge in [-0.05, 0) is 43.4 Å². The van der Waals surface area contributed by atoms with Crippen molar-refractivity contribution >= 4 is 11.6 Å². The average molecular weight is 343 g/mol. The minimum absolute atomic E-state index is 0.138. The van der Waals surface area contributed by atoms with Crippen LogP contribution in [0, 0.1) is 0 Å². The molecule has 1 heterocycles. The number of carbonyl (C=O) groups excluding carboxylic acids is 1. The molecule has 1 amide bonds. The molecule has 0 fully saturated rings. The van der Waals surface area contributed by atoms with E-state index in [4.69, 9.17) is 9.47 Å². The van der Waals surface area contributed by atoms with Crippen molar-refractivity contribution < 1.29 is 14.3 Å². The maximum absolute atomic E-state index is 12.3. The Balaban J connectivity index is 1.76. The highest BCUT2D eigenvalue weighted by Crippen LogP contribution is 2.28. The molecule has 132 valence electrons. The lowest BCUT2D eigenvalue weighted by Crippen LogP contribution is -2.31. The number of aryl methyl sites for hydroxylation is 2. The predicted molar refractivity (Wildman–Crippen MR) is 93.3 cm³/mol. The molecule has 3 rings (SSSR count). The maximum Gasteiger partial charge on any atom is 0.267 e. The van der Waals surface area contributed by atoms with Crippen molar-refractivity contribution in [3.05, 3.63) is 45.9 Å². The van der Waals surface area contributed by atoms with Gasteiger partial charge in [0.25, 0.3) is 5.56 Å². The summed E-state index contributed by atoms with van der Waals surface area (Å²) in [5.74, 6) is 0.773. The number of amides is 1. The highest BCUT2D eigenvalue weighted by Gasteiger charge is 2.15. The fraction of sp³-hybridized carbons (Fsp3) is 0.389. The first-order valence-electron chi connectivity index (χ1n) is 8.22. The Morgan fingerprint density at radius 3 is 2.76 bits per heavy atom. The lowest BCUT2D eigenvalue weighted by atomic mass is 9.97. The number of aromatic nitrogens is 2. The smallest absolute Gasteiger partial charge is 0.267 e. The maximum atomic E-state index is 12.3. The van der Waals surface area contributed by atoms with Gasteiger partial charge >= 0.3 is 0 Å². The van der Waals surface area contributed by atoms with E-state index in [1.54, 1.807) is 31.4 Å². The highest BCUT2D eigenvalue weighted by molar-refractivity contribution is 5.92. The first-order chi connectivity index (χ1) is 12.1. The second-order valence-electron chi connectivity index (χ2n) is 5.93. The number of nitrogens with one attached hydrogen (secondary N) is 1. The molecule has 0 unspecified atom stereocenters. The van der Waals surface area contributed by atoms with E-state index in [-0.39, 0.29) is 18.0 Å². The van der Waals surface area contributed by atoms with Crippen LogP contribution in [0.15, 0.2) is 29.1 Å². The van der Waals surface area contributed by atoms with Crippen molar-refractivity contribution in [2.45, 2.75) is 32.2 Å². The summed E-state index contributed by atoms with van der Waals surface area (Å²) in [5, 5.41) is 7.11. The summed E-state index contributed by atoms with van der Waals surface area (Å²) in [6, 6.07) is 6.70. The molecular formula is C18H21N3O4. The molecule has 1 aliphatic rings. The number of carbonyl (C=O) groups is 1. The molecule has 1 N–H and O–H groups in total. The molecule has 1 aromatic carbocycles. The lowest BCUT2D eigenvalue weighted by molar-refractivity contribution is -0.117. The van der Waals surface area contributed by atoms with Crippen molar-refractivity contribution in [1.82, 2.24) is 9.78 Å². The zero-order valence-electron chi connectivity index (χ0n) is 14.4. The third-order valence-corrected chi connectivity index (χ3v) is 4.25. The van der Waals surface area contributed by atoms with Gasteiger partial charge in [-0.2, -0.15) is 5.10 Å². The summed E-state index contributed by atoms with van der Waals surface area (Å²) in [7, 11) is 3.07. The molecule has 0 saturated carbocycles. The Morgan fingerprint density at radius 2 is 2.00 bits per heavy atom. The Hall–Kier alpha value is -2.83. The molecule has 7 nitrogen and oxygen atoms in total. The van der Waals surface area contributed by atoms with E-state index in [2.05, 4.69) is 10.4 Å². The number of hydrogen-bond acceptors (Lipinski definition) is 5. The van der Waals surface area contributed by atoms with Gasteiger partial charge in [0, 0.05) is 12.1 Å². The number of rotatable bonds is 5. The minimum atomic E-state index is -0.339. The summed E-state index contributed by atoms with van der Waals surface area (Å²) < 4.78 is 11.6. The predicted octanol–water partition coefficient (Wildman–Crippen LogP) is 1.78. The van der Waals surface area contributed by atoms with Crippen molar-refractivity contribution in [3.8, 4) is 11.5 Å². The van der Waals surface area contributed by atoms with Gasteiger partial charge in [0.1, 0.15) is 18.0 Å². The van der Waals surface area contributed by atoms with Gasteiger partial charge < -0.3 is 14.8 Å². The van der Waals surface area contributed by atoms with Crippen LogP contribution >= 0.6 is 0 Å². The van der Waals surface area contributed by atoms with E-state index >= 15 is 0 Å². The van der Waals surface area contributed by atoms with Crippen LogP contribution in [0.25, 0.3) is 0 Å². The number of fused-ring (bicyclic) bond motifs is 1. The molecule has 1 aliphatic carbocycles. The zero-order chi connectivity index (χ0) is 17.8. The van der Waals surface area contributed by atoms with Crippen LogP contribution in [-0.4, -0.2) is 29.9 Å². The second kappa shape index (κ2) is 7.38. The molecular weight excluding hydrogens is 322 g/mol. The summed E-state index contributed by atoms with van der Waals surface area (Å²) >= 11 is 0. The Labute approximate surface area is 145 Å². The quantitative estimate of drug-likeness (QED) is 0.895. The summed E-state index contributed by atoms with van der Waals surface area (Å²) in [6.07, 6.45) is 3.88. The third kappa shape index (κ3) is 3.81. The number of methoxy groups -OCH3 is 2. The van der Waals surface area contributed by atoms with Crippen molar-refractivity contribution in [2.75, 3.05) is 19.5 Å². The van der Waals surface area contributed by atoms with Crippen LogP contribution in [0.2, 0.25) is 0 Å². The number of hydrogen-bond donors (Lipinski definition) is 1. The fourth-order valence-electron chi connectivity index (χ4n) is 2.94. The molecule has 0 atom stereocenters. The Morgan fingerprint density at radius 1 is 1.20 bits per heavy atom. The number of nitrogens with zero attached hydrogens (tertiary/aromatic N) is 2. The van der Waals surface area contributed by atoms with Crippen LogP contribution in [0.1, 0.15) is 24.1 Å². The van der Waals surface area contributed by atoms with Crippen molar-refractivity contribution in [2.24, 2.45) is 0 Å². The summed E-state index contributed by atoms with van der Waals surface area (Å²) in [6.45, 7) is -0.138. The van der Waals surface area contributed by atoms with Gasteiger partial charge in [0.2, 0.25) is 5.91 Å². The molecule has 0 bridgehead atoms. The number of benzene rings is 1. The van der Waals surface area contributed by atoms with E-state index in [9.17, 15) is 9.59 Å². The highest BCUT2D eigenvalue weighted by atomic mass is 16.5. The van der Waals surface area contributed by atoms with Crippen LogP contribution in [0.5, 0.6) is 11.5 Å². The SMILES string of the molecule is COc1ccc(NC(=O)Cn2nc3c(cc2=O)CCCC3)c(OC)c1. The van der Waals surface area contributed by atoms with Crippen LogP contribution in [-0.2, 0) is 24.2 Å². The van der Waals surface area contributed by atoms with Gasteiger partial charge in [-0.15, -0.1) is 0 Å². The van der Waals surface area contributed by atoms with E-state index in [0.29, 0.717) is 17.2 Å². The molecule has 0 radical (unpaired) electrons. The standard InChI is InChI=1S/C18H21N3O4/c1-24-13-7-8-15(16(10-13)25-2)19-17(22)11-21-18(23)9-12-5-3-4-6-14(12)20-21/h7-10H,3-6,11H2,1-2H3,(H,19,22). The first-order valence-corrected chi connectivity index (χ1v) is 8.22. The van der Waals surface area contributed by atoms with Gasteiger partial charge in [-0.3, -0.25) is 9.59 Å². The second-order valence-corrected chi connectivity index (χ2v) is 5.93. The molecule has 2 aromatic rings. The lowest BCUT2D eigenvalue weighted by Gasteiger charge is -2.16. The zero-order valence-corrected chi connectivity index (χ0v) is 14.4. The monoisotopic (exact) mass is 343 g/mol. The third-order valence-electron chi connectivity index (χ3n) is 4.25. The first kappa shape index (κ1) is 17.0. The van der Waals surface area contributed by atoms with E-state index in [1.807, 2.05) is 0 Å². The van der Waals surface area contributed by atoms with E-state index in [0.717, 1.165) is 36.9 Å². The van der Waals surface area contributed by atoms with Gasteiger partial charge in [0.05, 0.1) is 25.6 Å². The van der Waals surface area contributed by atoms with Crippen LogP contribution in [0.4, 0.5) is 5.69 Å². The van der Waals surface area contributed by atoms with E-state index in [1.165, 1.54) is 11.8 Å². The fourth-order valence-corrected chi connectivity index (χ4v) is 2.94. The molecule has 0 aliphatic heterocycles. The Kier molecular flexibility index (Phi) is 5.02. The molecule has 0 saturated heterocycles. The number of ether oxygens (including phenoxy) is 2. The van der Waals surface area contributed by atoms with Gasteiger partial charge in [0.15, 0.2) is 0 Å². The largest absolute Gasteiger partial charge is 0.497 e. The molecule has 25 heavy (non-hydrogen) atoms.